The van der Waals surface area contributed by atoms with E-state index in [0.29, 0.717) is 14.5 Å². The zero-order valence-electron chi connectivity index (χ0n) is 8.57. The summed E-state index contributed by atoms with van der Waals surface area (Å²) in [6.07, 6.45) is 0. The monoisotopic (exact) mass is 360 g/mol. The zero-order chi connectivity index (χ0) is 12.6. The van der Waals surface area contributed by atoms with E-state index in [0.717, 1.165) is 0 Å². The molecule has 1 aromatic carbocycles. The van der Waals surface area contributed by atoms with Crippen molar-refractivity contribution in [2.24, 2.45) is 0 Å². The van der Waals surface area contributed by atoms with E-state index in [2.05, 4.69) is 42.0 Å². The van der Waals surface area contributed by atoms with Crippen molar-refractivity contribution in [2.75, 3.05) is 0 Å². The molecule has 0 aliphatic rings. The number of Topliss-reactive ketones (excluding diaryl/α,β-unsaturated/α-hetero) is 1. The van der Waals surface area contributed by atoms with Crippen LogP contribution in [0.25, 0.3) is 11.4 Å². The number of aromatic nitrogens is 2. The highest BCUT2D eigenvalue weighted by atomic mass is 79.9. The van der Waals surface area contributed by atoms with Gasteiger partial charge in [-0.1, -0.05) is 5.16 Å². The number of hydrogen-bond donors (Lipinski definition) is 1. The first-order valence-corrected chi connectivity index (χ1v) is 6.10. The van der Waals surface area contributed by atoms with Crippen LogP contribution in [0.1, 0.15) is 17.6 Å². The molecule has 1 heterocycles. The molecular weight excluding hydrogens is 356 g/mol. The molecule has 0 saturated carbocycles. The first kappa shape index (κ1) is 12.3. The van der Waals surface area contributed by atoms with Gasteiger partial charge in [-0.2, -0.15) is 4.98 Å². The fraction of sp³-hybridized carbons (Fsp3) is 0.100. The van der Waals surface area contributed by atoms with Crippen LogP contribution in [0.2, 0.25) is 0 Å². The summed E-state index contributed by atoms with van der Waals surface area (Å²) in [6.45, 7) is 1.35. The van der Waals surface area contributed by atoms with Crippen LogP contribution >= 0.6 is 31.9 Å². The molecule has 88 valence electrons. The number of hydrogen-bond acceptors (Lipinski definition) is 5. The van der Waals surface area contributed by atoms with Crippen molar-refractivity contribution in [1.82, 2.24) is 10.1 Å². The first-order valence-electron chi connectivity index (χ1n) is 4.52. The molecule has 0 aliphatic heterocycles. The second-order valence-corrected chi connectivity index (χ2v) is 4.98. The molecule has 17 heavy (non-hydrogen) atoms. The standard InChI is InChI=1S/C10H6Br2N2O3/c1-4(15)10-13-9(14-17-10)5-2-6(11)8(16)7(12)3-5/h2-3,16H,1H3. The topological polar surface area (TPSA) is 76.2 Å². The third kappa shape index (κ3) is 2.39. The Kier molecular flexibility index (Phi) is 3.30. The molecule has 0 bridgehead atoms. The fourth-order valence-electron chi connectivity index (χ4n) is 1.18. The zero-order valence-corrected chi connectivity index (χ0v) is 11.7. The van der Waals surface area contributed by atoms with Crippen molar-refractivity contribution in [3.63, 3.8) is 0 Å². The lowest BCUT2D eigenvalue weighted by Crippen LogP contribution is -1.91. The maximum Gasteiger partial charge on any atom is 0.294 e. The third-order valence-electron chi connectivity index (χ3n) is 2.00. The van der Waals surface area contributed by atoms with Gasteiger partial charge in [0.2, 0.25) is 11.6 Å². The molecule has 0 atom stereocenters. The van der Waals surface area contributed by atoms with Gasteiger partial charge in [-0.05, 0) is 44.0 Å². The van der Waals surface area contributed by atoms with E-state index >= 15 is 0 Å². The molecule has 0 unspecified atom stereocenters. The Balaban J connectivity index is 2.49. The summed E-state index contributed by atoms with van der Waals surface area (Å²) in [5, 5.41) is 13.2. The molecule has 0 radical (unpaired) electrons. The molecule has 0 aliphatic carbocycles. The number of aromatic hydroxyl groups is 1. The molecular formula is C10H6Br2N2O3. The van der Waals surface area contributed by atoms with Crippen LogP contribution < -0.4 is 0 Å². The van der Waals surface area contributed by atoms with Gasteiger partial charge >= 0.3 is 0 Å². The number of carbonyl (C=O) groups is 1. The molecule has 1 N–H and O–H groups in total. The second kappa shape index (κ2) is 4.58. The Labute approximate surface area is 113 Å². The SMILES string of the molecule is CC(=O)c1nc(-c2cc(Br)c(O)c(Br)c2)no1. The number of carbonyl (C=O) groups excluding carboxylic acids is 1. The van der Waals surface area contributed by atoms with Gasteiger partial charge in [0.05, 0.1) is 8.95 Å². The summed E-state index contributed by atoms with van der Waals surface area (Å²) in [4.78, 5) is 15.0. The Hall–Kier alpha value is -1.21. The van der Waals surface area contributed by atoms with Gasteiger partial charge < -0.3 is 9.63 Å². The molecule has 2 rings (SSSR count). The molecule has 7 heteroatoms. The molecule has 0 amide bonds. The van der Waals surface area contributed by atoms with Gasteiger partial charge in [0.1, 0.15) is 5.75 Å². The van der Waals surface area contributed by atoms with Gasteiger partial charge in [-0.25, -0.2) is 0 Å². The van der Waals surface area contributed by atoms with Gasteiger partial charge in [-0.15, -0.1) is 0 Å². The van der Waals surface area contributed by atoms with E-state index in [9.17, 15) is 9.90 Å². The summed E-state index contributed by atoms with van der Waals surface area (Å²) in [5.74, 6) is 0.0432. The molecule has 1 aromatic heterocycles. The van der Waals surface area contributed by atoms with Crippen molar-refractivity contribution in [3.05, 3.63) is 27.0 Å². The molecule has 0 spiro atoms. The highest BCUT2D eigenvalue weighted by molar-refractivity contribution is 9.11. The van der Waals surface area contributed by atoms with Gasteiger partial charge in [0, 0.05) is 12.5 Å². The lowest BCUT2D eigenvalue weighted by atomic mass is 10.2. The number of ketones is 1. The van der Waals surface area contributed by atoms with Crippen LogP contribution in [-0.4, -0.2) is 21.0 Å². The summed E-state index contributed by atoms with van der Waals surface area (Å²) < 4.78 is 5.78. The maximum atomic E-state index is 11.0. The minimum Gasteiger partial charge on any atom is -0.506 e. The first-order chi connectivity index (χ1) is 7.99. The lowest BCUT2D eigenvalue weighted by molar-refractivity contribution is 0.0972. The quantitative estimate of drug-likeness (QED) is 0.831. The minimum absolute atomic E-state index is 0.0414. The maximum absolute atomic E-state index is 11.0. The number of rotatable bonds is 2. The Morgan fingerprint density at radius 1 is 1.35 bits per heavy atom. The lowest BCUT2D eigenvalue weighted by Gasteiger charge is -2.02. The summed E-state index contributed by atoms with van der Waals surface area (Å²) >= 11 is 6.39. The van der Waals surface area contributed by atoms with Crippen LogP contribution in [0, 0.1) is 0 Å². The average molecular weight is 362 g/mol. The van der Waals surface area contributed by atoms with E-state index < -0.39 is 0 Å². The van der Waals surface area contributed by atoms with Crippen molar-refractivity contribution in [2.45, 2.75) is 6.92 Å². The number of phenols is 1. The van der Waals surface area contributed by atoms with E-state index in [1.807, 2.05) is 0 Å². The van der Waals surface area contributed by atoms with E-state index in [-0.39, 0.29) is 23.2 Å². The highest BCUT2D eigenvalue weighted by Gasteiger charge is 2.14. The second-order valence-electron chi connectivity index (χ2n) is 3.27. The number of benzene rings is 1. The average Bonchev–Trinajstić information content (AvgIpc) is 2.74. The number of halogens is 2. The van der Waals surface area contributed by atoms with Gasteiger partial charge in [0.15, 0.2) is 0 Å². The largest absolute Gasteiger partial charge is 0.506 e. The van der Waals surface area contributed by atoms with Gasteiger partial charge in [0.25, 0.3) is 5.89 Å². The molecule has 0 saturated heterocycles. The summed E-state index contributed by atoms with van der Waals surface area (Å²) in [5.41, 5.74) is 0.623. The fourth-order valence-corrected chi connectivity index (χ4v) is 2.36. The normalized spacial score (nSPS) is 10.5. The minimum atomic E-state index is -0.291. The Bertz CT molecular complexity index is 572. The Morgan fingerprint density at radius 3 is 2.41 bits per heavy atom. The third-order valence-corrected chi connectivity index (χ3v) is 3.21. The molecule has 0 fully saturated rings. The van der Waals surface area contributed by atoms with Crippen LogP contribution in [-0.2, 0) is 0 Å². The van der Waals surface area contributed by atoms with E-state index in [1.165, 1.54) is 6.92 Å². The van der Waals surface area contributed by atoms with Crippen LogP contribution in [0.3, 0.4) is 0 Å². The van der Waals surface area contributed by atoms with E-state index in [1.54, 1.807) is 12.1 Å². The van der Waals surface area contributed by atoms with Crippen molar-refractivity contribution in [3.8, 4) is 17.1 Å². The smallest absolute Gasteiger partial charge is 0.294 e. The van der Waals surface area contributed by atoms with Crippen LogP contribution in [0.15, 0.2) is 25.6 Å². The summed E-state index contributed by atoms with van der Waals surface area (Å²) in [6, 6.07) is 3.27. The van der Waals surface area contributed by atoms with E-state index in [4.69, 9.17) is 4.52 Å². The molecule has 5 nitrogen and oxygen atoms in total. The van der Waals surface area contributed by atoms with Crippen LogP contribution in [0.4, 0.5) is 0 Å². The van der Waals surface area contributed by atoms with Crippen molar-refractivity contribution in [1.29, 1.82) is 0 Å². The van der Waals surface area contributed by atoms with Crippen LogP contribution in [0.5, 0.6) is 5.75 Å². The predicted molar refractivity (Wildman–Crippen MR) is 66.8 cm³/mol. The highest BCUT2D eigenvalue weighted by Crippen LogP contribution is 2.36. The summed E-state index contributed by atoms with van der Waals surface area (Å²) in [7, 11) is 0. The number of nitrogens with zero attached hydrogens (tertiary/aromatic N) is 2. The predicted octanol–water partition coefficient (Wildman–Crippen LogP) is 3.17. The number of phenolic OH excluding ortho intramolecular Hbond substituents is 1. The van der Waals surface area contributed by atoms with Crippen molar-refractivity contribution >= 4 is 37.6 Å². The Morgan fingerprint density at radius 2 is 1.94 bits per heavy atom. The van der Waals surface area contributed by atoms with Gasteiger partial charge in [-0.3, -0.25) is 4.79 Å². The molecule has 2 aromatic rings. The van der Waals surface area contributed by atoms with Crippen molar-refractivity contribution < 1.29 is 14.4 Å².